The predicted octanol–water partition coefficient (Wildman–Crippen LogP) is 0.0464. The number of fused-ring (bicyclic) bond motifs is 1. The quantitative estimate of drug-likeness (QED) is 0.410. The highest BCUT2D eigenvalue weighted by atomic mass is 16.5. The second-order valence-electron chi connectivity index (χ2n) is 3.58. The molecule has 0 aromatic heterocycles. The van der Waals surface area contributed by atoms with Crippen molar-refractivity contribution in [1.82, 2.24) is 0 Å². The van der Waals surface area contributed by atoms with Gasteiger partial charge in [-0.3, -0.25) is 0 Å². The van der Waals surface area contributed by atoms with Crippen LogP contribution in [0.3, 0.4) is 0 Å². The van der Waals surface area contributed by atoms with Gasteiger partial charge in [0, 0.05) is 6.42 Å². The van der Waals surface area contributed by atoms with Crippen molar-refractivity contribution in [2.24, 2.45) is 0 Å². The lowest BCUT2D eigenvalue weighted by Gasteiger charge is -2.21. The third-order valence-corrected chi connectivity index (χ3v) is 2.30. The largest absolute Gasteiger partial charge is 0.459 e. The Bertz CT molecular complexity index is 360. The SMILES string of the molecule is Bc1ccc2c(c1)C[C@@H](C)OC2=O. The molecule has 0 bridgehead atoms. The molecule has 2 nitrogen and oxygen atoms in total. The molecule has 0 fully saturated rings. The van der Waals surface area contributed by atoms with E-state index in [1.54, 1.807) is 0 Å². The molecule has 1 heterocycles. The molecule has 1 aliphatic heterocycles. The van der Waals surface area contributed by atoms with Crippen LogP contribution < -0.4 is 5.46 Å². The van der Waals surface area contributed by atoms with Crippen LogP contribution in [0.15, 0.2) is 18.2 Å². The summed E-state index contributed by atoms with van der Waals surface area (Å²) in [5.41, 5.74) is 3.04. The zero-order valence-corrected chi connectivity index (χ0v) is 7.83. The lowest BCUT2D eigenvalue weighted by atomic mass is 9.89. The maximum absolute atomic E-state index is 11.4. The summed E-state index contributed by atoms with van der Waals surface area (Å²) in [5, 5.41) is 0. The van der Waals surface area contributed by atoms with Crippen LogP contribution in [0, 0.1) is 0 Å². The minimum Gasteiger partial charge on any atom is -0.459 e. The van der Waals surface area contributed by atoms with Gasteiger partial charge in [-0.1, -0.05) is 17.6 Å². The Morgan fingerprint density at radius 3 is 3.08 bits per heavy atom. The Kier molecular flexibility index (Phi) is 1.87. The maximum Gasteiger partial charge on any atom is 0.338 e. The van der Waals surface area contributed by atoms with E-state index in [0.29, 0.717) is 0 Å². The van der Waals surface area contributed by atoms with Crippen LogP contribution in [-0.4, -0.2) is 19.9 Å². The van der Waals surface area contributed by atoms with Gasteiger partial charge in [-0.15, -0.1) is 0 Å². The summed E-state index contributed by atoms with van der Waals surface area (Å²) in [6, 6.07) is 5.85. The zero-order valence-electron chi connectivity index (χ0n) is 7.83. The highest BCUT2D eigenvalue weighted by Crippen LogP contribution is 2.18. The number of hydrogen-bond acceptors (Lipinski definition) is 2. The number of hydrogen-bond donors (Lipinski definition) is 0. The minimum atomic E-state index is -0.186. The molecule has 0 amide bonds. The molecule has 0 saturated heterocycles. The van der Waals surface area contributed by atoms with Crippen LogP contribution in [0.2, 0.25) is 0 Å². The van der Waals surface area contributed by atoms with E-state index in [9.17, 15) is 4.79 Å². The summed E-state index contributed by atoms with van der Waals surface area (Å²) in [5.74, 6) is -0.186. The number of esters is 1. The van der Waals surface area contributed by atoms with E-state index in [2.05, 4.69) is 6.07 Å². The van der Waals surface area contributed by atoms with Crippen LogP contribution in [0.5, 0.6) is 0 Å². The average Bonchev–Trinajstić information content (AvgIpc) is 2.02. The van der Waals surface area contributed by atoms with Crippen molar-refractivity contribution in [1.29, 1.82) is 0 Å². The van der Waals surface area contributed by atoms with Crippen LogP contribution in [0.25, 0.3) is 0 Å². The smallest absolute Gasteiger partial charge is 0.338 e. The molecule has 0 aliphatic carbocycles. The Morgan fingerprint density at radius 2 is 2.31 bits per heavy atom. The zero-order chi connectivity index (χ0) is 9.42. The van der Waals surface area contributed by atoms with Crippen molar-refractivity contribution in [3.05, 3.63) is 29.3 Å². The van der Waals surface area contributed by atoms with Gasteiger partial charge in [0.1, 0.15) is 14.0 Å². The Hall–Kier alpha value is -1.25. The first-order valence-electron chi connectivity index (χ1n) is 4.47. The van der Waals surface area contributed by atoms with Gasteiger partial charge in [0.25, 0.3) is 0 Å². The van der Waals surface area contributed by atoms with Gasteiger partial charge in [0.15, 0.2) is 0 Å². The van der Waals surface area contributed by atoms with Gasteiger partial charge in [-0.05, 0) is 18.6 Å². The summed E-state index contributed by atoms with van der Waals surface area (Å²) < 4.78 is 5.11. The normalized spacial score (nSPS) is 20.7. The summed E-state index contributed by atoms with van der Waals surface area (Å²) in [6.45, 7) is 1.92. The third kappa shape index (κ3) is 1.46. The molecule has 66 valence electrons. The van der Waals surface area contributed by atoms with Crippen molar-refractivity contribution >= 4 is 19.3 Å². The fourth-order valence-corrected chi connectivity index (χ4v) is 1.69. The third-order valence-electron chi connectivity index (χ3n) is 2.30. The topological polar surface area (TPSA) is 26.3 Å². The monoisotopic (exact) mass is 174 g/mol. The molecule has 2 rings (SSSR count). The standard InChI is InChI=1S/C10H11BO2/c1-6-4-7-5-8(11)2-3-9(7)10(12)13-6/h2-3,5-6H,4,11H2,1H3/t6-/m1/s1. The first-order valence-corrected chi connectivity index (χ1v) is 4.47. The van der Waals surface area contributed by atoms with Gasteiger partial charge in [-0.25, -0.2) is 4.79 Å². The minimum absolute atomic E-state index is 0.0156. The Labute approximate surface area is 78.3 Å². The summed E-state index contributed by atoms with van der Waals surface area (Å²) in [7, 11) is 2.03. The van der Waals surface area contributed by atoms with Gasteiger partial charge in [-0.2, -0.15) is 0 Å². The van der Waals surface area contributed by atoms with E-state index in [1.807, 2.05) is 26.9 Å². The van der Waals surface area contributed by atoms with E-state index < -0.39 is 0 Å². The van der Waals surface area contributed by atoms with Gasteiger partial charge in [0.05, 0.1) is 5.56 Å². The molecule has 13 heavy (non-hydrogen) atoms. The predicted molar refractivity (Wildman–Crippen MR) is 53.2 cm³/mol. The number of carbonyl (C=O) groups is 1. The Balaban J connectivity index is 2.49. The second kappa shape index (κ2) is 2.91. The Morgan fingerprint density at radius 1 is 1.54 bits per heavy atom. The van der Waals surface area contributed by atoms with Crippen molar-refractivity contribution in [2.75, 3.05) is 0 Å². The lowest BCUT2D eigenvalue weighted by molar-refractivity contribution is 0.0301. The molecule has 0 saturated carbocycles. The van der Waals surface area contributed by atoms with Crippen molar-refractivity contribution < 1.29 is 9.53 Å². The number of benzene rings is 1. The maximum atomic E-state index is 11.4. The molecule has 0 unspecified atom stereocenters. The van der Waals surface area contributed by atoms with Crippen molar-refractivity contribution in [2.45, 2.75) is 19.4 Å². The van der Waals surface area contributed by atoms with Crippen molar-refractivity contribution in [3.63, 3.8) is 0 Å². The molecule has 1 aromatic rings. The molecule has 0 N–H and O–H groups in total. The van der Waals surface area contributed by atoms with E-state index in [-0.39, 0.29) is 12.1 Å². The fraction of sp³-hybridized carbons (Fsp3) is 0.300. The second-order valence-corrected chi connectivity index (χ2v) is 3.58. The molecule has 1 aromatic carbocycles. The van der Waals surface area contributed by atoms with E-state index in [4.69, 9.17) is 4.74 Å². The summed E-state index contributed by atoms with van der Waals surface area (Å²) in [4.78, 5) is 11.4. The molecular weight excluding hydrogens is 163 g/mol. The van der Waals surface area contributed by atoms with Crippen LogP contribution in [0.1, 0.15) is 22.8 Å². The molecule has 3 heteroatoms. The summed E-state index contributed by atoms with van der Waals surface area (Å²) >= 11 is 0. The molecule has 1 atom stereocenters. The molecule has 0 radical (unpaired) electrons. The van der Waals surface area contributed by atoms with Crippen LogP contribution in [-0.2, 0) is 11.2 Å². The number of rotatable bonds is 0. The molecule has 0 spiro atoms. The first-order chi connectivity index (χ1) is 6.16. The van der Waals surface area contributed by atoms with Gasteiger partial charge >= 0.3 is 5.97 Å². The van der Waals surface area contributed by atoms with Crippen molar-refractivity contribution in [3.8, 4) is 0 Å². The highest BCUT2D eigenvalue weighted by molar-refractivity contribution is 6.32. The lowest BCUT2D eigenvalue weighted by Crippen LogP contribution is -2.26. The van der Waals surface area contributed by atoms with Crippen LogP contribution in [0.4, 0.5) is 0 Å². The molecular formula is C10H11BO2. The number of ether oxygens (including phenoxy) is 1. The van der Waals surface area contributed by atoms with E-state index in [1.165, 1.54) is 5.46 Å². The van der Waals surface area contributed by atoms with E-state index in [0.717, 1.165) is 17.5 Å². The first kappa shape index (κ1) is 8.36. The highest BCUT2D eigenvalue weighted by Gasteiger charge is 2.22. The average molecular weight is 174 g/mol. The van der Waals surface area contributed by atoms with Gasteiger partial charge in [0.2, 0.25) is 0 Å². The number of carbonyl (C=O) groups excluding carboxylic acids is 1. The van der Waals surface area contributed by atoms with Crippen LogP contribution >= 0.6 is 0 Å². The fourth-order valence-electron chi connectivity index (χ4n) is 1.69. The van der Waals surface area contributed by atoms with E-state index >= 15 is 0 Å². The summed E-state index contributed by atoms with van der Waals surface area (Å²) in [6.07, 6.45) is 0.852. The molecule has 1 aliphatic rings. The number of cyclic esters (lactones) is 1. The van der Waals surface area contributed by atoms with Gasteiger partial charge < -0.3 is 4.74 Å².